The summed E-state index contributed by atoms with van der Waals surface area (Å²) in [6.07, 6.45) is 0. The predicted molar refractivity (Wildman–Crippen MR) is 236 cm³/mol. The fraction of sp³-hybridized carbons (Fsp3) is 0. The first-order valence-electron chi connectivity index (χ1n) is 19.4. The minimum Gasteiger partial charge on any atom is -0.309 e. The highest BCUT2D eigenvalue weighted by Gasteiger charge is 2.24. The molecule has 0 bridgehead atoms. The summed E-state index contributed by atoms with van der Waals surface area (Å²) in [5.41, 5.74) is 19.5. The van der Waals surface area contributed by atoms with Crippen LogP contribution < -0.4 is 0 Å². The Balaban J connectivity index is 1.11. The summed E-state index contributed by atoms with van der Waals surface area (Å²) in [5, 5.41) is 5.04. The van der Waals surface area contributed by atoms with Crippen molar-refractivity contribution >= 4 is 43.6 Å². The van der Waals surface area contributed by atoms with Crippen LogP contribution in [0.25, 0.3) is 111 Å². The van der Waals surface area contributed by atoms with Crippen LogP contribution in [0.1, 0.15) is 0 Å². The lowest BCUT2D eigenvalue weighted by molar-refractivity contribution is 1.18. The van der Waals surface area contributed by atoms with E-state index in [2.05, 4.69) is 215 Å². The molecule has 1 aliphatic rings. The summed E-state index contributed by atoms with van der Waals surface area (Å²) < 4.78 is 4.81. The molecule has 11 aromatic rings. The lowest BCUT2D eigenvalue weighted by atomic mass is 9.80. The highest BCUT2D eigenvalue weighted by Crippen LogP contribution is 2.49. The van der Waals surface area contributed by atoms with Crippen LogP contribution >= 0.6 is 0 Å². The third-order valence-corrected chi connectivity index (χ3v) is 11.9. The highest BCUT2D eigenvalue weighted by atomic mass is 15.0. The monoisotopic (exact) mass is 710 g/mol. The van der Waals surface area contributed by atoms with Gasteiger partial charge in [0.2, 0.25) is 0 Å². The zero-order chi connectivity index (χ0) is 36.7. The van der Waals surface area contributed by atoms with Crippen LogP contribution in [0.3, 0.4) is 0 Å². The van der Waals surface area contributed by atoms with Gasteiger partial charge in [-0.1, -0.05) is 146 Å². The summed E-state index contributed by atoms with van der Waals surface area (Å²) in [6, 6.07) is 76.0. The third kappa shape index (κ3) is 4.50. The molecule has 0 saturated heterocycles. The van der Waals surface area contributed by atoms with Gasteiger partial charge in [0.05, 0.1) is 22.1 Å². The molecule has 260 valence electrons. The van der Waals surface area contributed by atoms with Crippen molar-refractivity contribution in [3.05, 3.63) is 206 Å². The van der Waals surface area contributed by atoms with Crippen molar-refractivity contribution in [1.29, 1.82) is 0 Å². The van der Waals surface area contributed by atoms with Crippen molar-refractivity contribution in [3.8, 4) is 67.0 Å². The molecule has 0 amide bonds. The molecule has 0 radical (unpaired) electrons. The normalized spacial score (nSPS) is 11.9. The maximum atomic E-state index is 2.43. The van der Waals surface area contributed by atoms with Crippen LogP contribution in [-0.4, -0.2) is 9.13 Å². The van der Waals surface area contributed by atoms with E-state index in [1.54, 1.807) is 0 Å². The lowest BCUT2D eigenvalue weighted by Gasteiger charge is -2.24. The Morgan fingerprint density at radius 3 is 1.23 bits per heavy atom. The molecule has 0 unspecified atom stereocenters. The van der Waals surface area contributed by atoms with Gasteiger partial charge in [-0.15, -0.1) is 0 Å². The Bertz CT molecular complexity index is 3310. The number of aromatic nitrogens is 2. The second-order valence-corrected chi connectivity index (χ2v) is 14.9. The molecule has 0 aliphatic heterocycles. The molecular formula is C54H34N2. The second-order valence-electron chi connectivity index (χ2n) is 14.9. The summed E-state index contributed by atoms with van der Waals surface area (Å²) in [5.74, 6) is 0. The summed E-state index contributed by atoms with van der Waals surface area (Å²) in [4.78, 5) is 0. The number of para-hydroxylation sites is 4. The first kappa shape index (κ1) is 31.0. The van der Waals surface area contributed by atoms with E-state index in [9.17, 15) is 0 Å². The number of fused-ring (bicyclic) bond motifs is 14. The van der Waals surface area contributed by atoms with Gasteiger partial charge < -0.3 is 9.13 Å². The van der Waals surface area contributed by atoms with E-state index in [1.165, 1.54) is 105 Å². The van der Waals surface area contributed by atoms with Crippen LogP contribution in [0.5, 0.6) is 0 Å². The Kier molecular flexibility index (Phi) is 6.66. The van der Waals surface area contributed by atoms with Crippen molar-refractivity contribution < 1.29 is 0 Å². The van der Waals surface area contributed by atoms with Gasteiger partial charge in [0.1, 0.15) is 0 Å². The molecule has 2 aromatic heterocycles. The average Bonchev–Trinajstić information content (AvgIpc) is 3.79. The zero-order valence-corrected chi connectivity index (χ0v) is 30.5. The average molecular weight is 711 g/mol. The van der Waals surface area contributed by atoms with Crippen LogP contribution in [0.4, 0.5) is 0 Å². The molecule has 0 saturated carbocycles. The fourth-order valence-electron chi connectivity index (χ4n) is 9.42. The molecule has 0 N–H and O–H groups in total. The van der Waals surface area contributed by atoms with E-state index in [4.69, 9.17) is 0 Å². The maximum Gasteiger partial charge on any atom is 0.0541 e. The number of nitrogens with zero attached hydrogens (tertiary/aromatic N) is 2. The number of hydrogen-bond acceptors (Lipinski definition) is 0. The molecule has 0 atom stereocenters. The lowest BCUT2D eigenvalue weighted by Crippen LogP contribution is -2.00. The zero-order valence-electron chi connectivity index (χ0n) is 30.5. The maximum absolute atomic E-state index is 2.43. The Morgan fingerprint density at radius 1 is 0.214 bits per heavy atom. The summed E-state index contributed by atoms with van der Waals surface area (Å²) in [7, 11) is 0. The summed E-state index contributed by atoms with van der Waals surface area (Å²) >= 11 is 0. The Morgan fingerprint density at radius 2 is 0.607 bits per heavy atom. The van der Waals surface area contributed by atoms with E-state index >= 15 is 0 Å². The minimum absolute atomic E-state index is 1.16. The highest BCUT2D eigenvalue weighted by molar-refractivity contribution is 6.12. The molecular weight excluding hydrogens is 677 g/mol. The molecule has 9 aromatic carbocycles. The molecule has 0 spiro atoms. The molecule has 1 aliphatic carbocycles. The van der Waals surface area contributed by atoms with Crippen LogP contribution in [-0.2, 0) is 0 Å². The van der Waals surface area contributed by atoms with Gasteiger partial charge in [-0.2, -0.15) is 0 Å². The van der Waals surface area contributed by atoms with Gasteiger partial charge >= 0.3 is 0 Å². The molecule has 2 heterocycles. The van der Waals surface area contributed by atoms with Gasteiger partial charge in [0, 0.05) is 32.9 Å². The van der Waals surface area contributed by atoms with Gasteiger partial charge in [-0.25, -0.2) is 0 Å². The molecule has 2 nitrogen and oxygen atoms in total. The van der Waals surface area contributed by atoms with E-state index < -0.39 is 0 Å². The van der Waals surface area contributed by atoms with Crippen molar-refractivity contribution in [2.45, 2.75) is 0 Å². The van der Waals surface area contributed by atoms with Crippen molar-refractivity contribution in [2.24, 2.45) is 0 Å². The molecule has 0 fully saturated rings. The molecule has 12 rings (SSSR count). The number of benzene rings is 9. The van der Waals surface area contributed by atoms with E-state index in [-0.39, 0.29) is 0 Å². The SMILES string of the molecule is c1ccc(-n2c3ccccc3c3cc(-c4ccc5c(c4)-c4ccc(-n6c7ccccc7c7ccccc76)cc4-c4ccccc4-c4ccccc4-5)ccc32)cc1. The van der Waals surface area contributed by atoms with E-state index in [0.29, 0.717) is 0 Å². The van der Waals surface area contributed by atoms with Crippen LogP contribution in [0.15, 0.2) is 206 Å². The largest absolute Gasteiger partial charge is 0.309 e. The fourth-order valence-corrected chi connectivity index (χ4v) is 9.42. The number of hydrogen-bond donors (Lipinski definition) is 0. The standard InChI is InChI=1S/C54H34N2/c1-2-14-37(15-3-1)55-53-25-13-10-22-47(53)50-33-36(27-31-54(50)55)35-26-29-43-41-18-5-4-16-39(41)40-17-6-7-19-42(40)49-34-38(28-30-44(49)48(43)32-35)56-51-23-11-8-20-45(51)46-21-9-12-24-52(46)56/h1-34H. The van der Waals surface area contributed by atoms with Gasteiger partial charge in [-0.05, 0) is 116 Å². The van der Waals surface area contributed by atoms with E-state index in [1.807, 2.05) is 0 Å². The topological polar surface area (TPSA) is 9.86 Å². The first-order chi connectivity index (χ1) is 27.8. The Hall–Kier alpha value is -7.42. The van der Waals surface area contributed by atoms with Crippen molar-refractivity contribution in [2.75, 3.05) is 0 Å². The molecule has 56 heavy (non-hydrogen) atoms. The van der Waals surface area contributed by atoms with Crippen LogP contribution in [0, 0.1) is 0 Å². The summed E-state index contributed by atoms with van der Waals surface area (Å²) in [6.45, 7) is 0. The smallest absolute Gasteiger partial charge is 0.0541 e. The minimum atomic E-state index is 1.16. The first-order valence-corrected chi connectivity index (χ1v) is 19.4. The quantitative estimate of drug-likeness (QED) is 0.173. The Labute approximate surface area is 324 Å². The second kappa shape index (κ2) is 12.0. The third-order valence-electron chi connectivity index (χ3n) is 11.9. The van der Waals surface area contributed by atoms with E-state index in [0.717, 1.165) is 5.69 Å². The molecule has 2 heteroatoms. The van der Waals surface area contributed by atoms with Gasteiger partial charge in [-0.3, -0.25) is 0 Å². The van der Waals surface area contributed by atoms with Gasteiger partial charge in [0.25, 0.3) is 0 Å². The van der Waals surface area contributed by atoms with Crippen molar-refractivity contribution in [1.82, 2.24) is 9.13 Å². The predicted octanol–water partition coefficient (Wildman–Crippen LogP) is 14.5. The van der Waals surface area contributed by atoms with Gasteiger partial charge in [0.15, 0.2) is 0 Å². The van der Waals surface area contributed by atoms with Crippen molar-refractivity contribution in [3.63, 3.8) is 0 Å². The van der Waals surface area contributed by atoms with Crippen LogP contribution in [0.2, 0.25) is 0 Å². The number of rotatable bonds is 3.